The highest BCUT2D eigenvalue weighted by atomic mass is 35.5. The number of nitrogens with zero attached hydrogens (tertiary/aromatic N) is 6. The van der Waals surface area contributed by atoms with Crippen LogP contribution in [0.25, 0.3) is 32.2 Å². The largest absolute Gasteiger partial charge is 0.462 e. The highest BCUT2D eigenvalue weighted by Crippen LogP contribution is 2.46. The summed E-state index contributed by atoms with van der Waals surface area (Å²) in [5.74, 6) is 0.179. The number of carbonyl (C=O) groups is 1. The first-order chi connectivity index (χ1) is 22.8. The van der Waals surface area contributed by atoms with E-state index in [0.717, 1.165) is 12.8 Å². The average molecular weight is 721 g/mol. The zero-order chi connectivity index (χ0) is 34.1. The van der Waals surface area contributed by atoms with Crippen LogP contribution >= 0.6 is 34.5 Å². The first-order valence-corrected chi connectivity index (χ1v) is 17.6. The summed E-state index contributed by atoms with van der Waals surface area (Å²) in [6, 6.07) is 4.58. The number of fused-ring (bicyclic) bond motifs is 4. The molecular weight excluding hydrogens is 683 g/mol. The van der Waals surface area contributed by atoms with Crippen LogP contribution in [0.5, 0.6) is 6.01 Å². The summed E-state index contributed by atoms with van der Waals surface area (Å²) in [4.78, 5) is 33.3. The van der Waals surface area contributed by atoms with Crippen LogP contribution in [-0.2, 0) is 4.74 Å². The standard InChI is InChI=1S/C33H37Cl2F2N7O3S/c1-33(2,3)47-32(45)44-17-6-7-18(44)14-43(13-17)29-21-11-22(34)24(20-8-9-23(37)28-27(20)40-31(38-4)48-28)25(35)26(21)39-30(41-29)46-15-19-10-16(36)12-42(19)5/h8-9,11,16-19H,6-7,10,12-15H2,1-5H3,(H,38,40)/t16-,17?,18?,19+/m1/s1. The molecule has 10 nitrogen and oxygen atoms in total. The number of aromatic nitrogens is 3. The molecule has 1 amide bonds. The van der Waals surface area contributed by atoms with Crippen molar-refractivity contribution in [2.24, 2.45) is 0 Å². The number of likely N-dealkylation sites (N-methyl/N-ethyl adjacent to an activating group) is 1. The molecule has 2 bridgehead atoms. The molecule has 3 aliphatic rings. The molecule has 0 aliphatic carbocycles. The minimum absolute atomic E-state index is 0.0784. The van der Waals surface area contributed by atoms with E-state index in [-0.39, 0.29) is 41.9 Å². The molecule has 4 atom stereocenters. The van der Waals surface area contributed by atoms with Crippen LogP contribution in [0.3, 0.4) is 0 Å². The van der Waals surface area contributed by atoms with E-state index in [1.165, 1.54) is 17.4 Å². The molecule has 0 radical (unpaired) electrons. The van der Waals surface area contributed by atoms with Crippen molar-refractivity contribution in [1.29, 1.82) is 0 Å². The molecular formula is C33H37Cl2F2N7O3S. The monoisotopic (exact) mass is 719 g/mol. The zero-order valence-corrected chi connectivity index (χ0v) is 29.6. The highest BCUT2D eigenvalue weighted by Gasteiger charge is 2.45. The summed E-state index contributed by atoms with van der Waals surface area (Å²) in [7, 11) is 3.59. The quantitative estimate of drug-likeness (QED) is 0.219. The van der Waals surface area contributed by atoms with Crippen molar-refractivity contribution in [2.75, 3.05) is 50.6 Å². The van der Waals surface area contributed by atoms with E-state index in [1.54, 1.807) is 19.2 Å². The van der Waals surface area contributed by atoms with Crippen LogP contribution in [0.4, 0.5) is 24.5 Å². The molecule has 2 aromatic heterocycles. The van der Waals surface area contributed by atoms with Gasteiger partial charge in [-0.15, -0.1) is 0 Å². The van der Waals surface area contributed by atoms with Crippen LogP contribution in [0.15, 0.2) is 18.2 Å². The Labute approximate surface area is 291 Å². The Bertz CT molecular complexity index is 1890. The fourth-order valence-corrected chi connectivity index (χ4v) is 8.61. The maximum atomic E-state index is 14.9. The Morgan fingerprint density at radius 2 is 1.83 bits per heavy atom. The molecule has 2 unspecified atom stereocenters. The molecule has 2 aromatic carbocycles. The Morgan fingerprint density at radius 1 is 1.10 bits per heavy atom. The molecule has 7 rings (SSSR count). The number of likely N-dealkylation sites (tertiary alicyclic amines) is 1. The van der Waals surface area contributed by atoms with Gasteiger partial charge >= 0.3 is 12.1 Å². The lowest BCUT2D eigenvalue weighted by Gasteiger charge is -2.42. The van der Waals surface area contributed by atoms with E-state index in [9.17, 15) is 13.6 Å². The number of rotatable bonds is 6. The second kappa shape index (κ2) is 12.6. The van der Waals surface area contributed by atoms with Gasteiger partial charge in [0.15, 0.2) is 5.13 Å². The number of alkyl halides is 1. The highest BCUT2D eigenvalue weighted by molar-refractivity contribution is 7.22. The SMILES string of the molecule is CNc1nc2c(-c3c(Cl)cc4c(N5CC6CCC(C5)N6C(=O)OC(C)(C)C)nc(OC[C@@H]5C[C@@H](F)CN5C)nc4c3Cl)ccc(F)c2s1. The van der Waals surface area contributed by atoms with Crippen LogP contribution in [0, 0.1) is 5.82 Å². The fourth-order valence-electron chi connectivity index (χ4n) is 7.06. The third kappa shape index (κ3) is 6.07. The normalized spacial score (nSPS) is 23.0. The number of thiazole rings is 1. The summed E-state index contributed by atoms with van der Waals surface area (Å²) >= 11 is 15.4. The van der Waals surface area contributed by atoms with E-state index in [0.29, 0.717) is 74.3 Å². The summed E-state index contributed by atoms with van der Waals surface area (Å²) in [6.45, 7) is 7.15. The molecule has 3 fully saturated rings. The molecule has 3 saturated heterocycles. The molecule has 0 spiro atoms. The van der Waals surface area contributed by atoms with Gasteiger partial charge in [-0.3, -0.25) is 9.80 Å². The number of carbonyl (C=O) groups excluding carboxylic acids is 1. The fraction of sp³-hybridized carbons (Fsp3) is 0.515. The number of hydrogen-bond acceptors (Lipinski definition) is 10. The van der Waals surface area contributed by atoms with Gasteiger partial charge in [-0.25, -0.2) is 18.6 Å². The lowest BCUT2D eigenvalue weighted by atomic mass is 10.0. The van der Waals surface area contributed by atoms with Crippen molar-refractivity contribution in [3.8, 4) is 17.1 Å². The predicted octanol–water partition coefficient (Wildman–Crippen LogP) is 7.40. The smallest absolute Gasteiger partial charge is 0.410 e. The van der Waals surface area contributed by atoms with Crippen molar-refractivity contribution in [3.05, 3.63) is 34.1 Å². The van der Waals surface area contributed by atoms with E-state index >= 15 is 0 Å². The lowest BCUT2D eigenvalue weighted by Crippen LogP contribution is -2.57. The zero-order valence-electron chi connectivity index (χ0n) is 27.3. The van der Waals surface area contributed by atoms with Gasteiger partial charge in [-0.1, -0.05) is 34.5 Å². The van der Waals surface area contributed by atoms with Gasteiger partial charge in [0, 0.05) is 49.2 Å². The van der Waals surface area contributed by atoms with E-state index < -0.39 is 17.6 Å². The number of nitrogens with one attached hydrogen (secondary N) is 1. The maximum absolute atomic E-state index is 14.9. The van der Waals surface area contributed by atoms with E-state index in [4.69, 9.17) is 42.6 Å². The van der Waals surface area contributed by atoms with Gasteiger partial charge in [0.05, 0.1) is 37.9 Å². The number of ether oxygens (including phenoxy) is 2. The number of piperazine rings is 1. The van der Waals surface area contributed by atoms with Crippen molar-refractivity contribution >= 4 is 72.7 Å². The first-order valence-electron chi connectivity index (χ1n) is 16.0. The average Bonchev–Trinajstić information content (AvgIpc) is 3.68. The van der Waals surface area contributed by atoms with Crippen LogP contribution in [0.1, 0.15) is 40.0 Å². The molecule has 48 heavy (non-hydrogen) atoms. The van der Waals surface area contributed by atoms with Gasteiger partial charge in [0.2, 0.25) is 0 Å². The predicted molar refractivity (Wildman–Crippen MR) is 186 cm³/mol. The van der Waals surface area contributed by atoms with Gasteiger partial charge in [0.25, 0.3) is 0 Å². The Balaban J connectivity index is 1.32. The van der Waals surface area contributed by atoms with Gasteiger partial charge in [-0.2, -0.15) is 9.97 Å². The molecule has 5 heterocycles. The van der Waals surface area contributed by atoms with Gasteiger partial charge in [-0.05, 0) is 65.3 Å². The Morgan fingerprint density at radius 3 is 2.48 bits per heavy atom. The number of anilines is 2. The van der Waals surface area contributed by atoms with Crippen molar-refractivity contribution in [3.63, 3.8) is 0 Å². The molecule has 4 aromatic rings. The van der Waals surface area contributed by atoms with Crippen LogP contribution in [-0.4, -0.2) is 101 Å². The summed E-state index contributed by atoms with van der Waals surface area (Å²) in [5, 5.41) is 4.72. The number of amides is 1. The molecule has 15 heteroatoms. The van der Waals surface area contributed by atoms with Crippen molar-refractivity contribution < 1.29 is 23.0 Å². The number of halogens is 4. The van der Waals surface area contributed by atoms with Crippen LogP contribution in [0.2, 0.25) is 10.0 Å². The summed E-state index contributed by atoms with van der Waals surface area (Å²) < 4.78 is 41.3. The second-order valence-corrected chi connectivity index (χ2v) is 15.5. The minimum Gasteiger partial charge on any atom is -0.462 e. The van der Waals surface area contributed by atoms with E-state index in [2.05, 4.69) is 15.2 Å². The lowest BCUT2D eigenvalue weighted by molar-refractivity contribution is 0.0122. The second-order valence-electron chi connectivity index (χ2n) is 13.7. The summed E-state index contributed by atoms with van der Waals surface area (Å²) in [6.07, 6.45) is 0.785. The third-order valence-electron chi connectivity index (χ3n) is 9.25. The number of benzene rings is 2. The third-order valence-corrected chi connectivity index (χ3v) is 11.0. The van der Waals surface area contributed by atoms with Gasteiger partial charge in [0.1, 0.15) is 30.0 Å². The minimum atomic E-state index is -0.922. The van der Waals surface area contributed by atoms with Crippen molar-refractivity contribution in [1.82, 2.24) is 24.8 Å². The molecule has 256 valence electrons. The first kappa shape index (κ1) is 33.2. The topological polar surface area (TPSA) is 96.0 Å². The number of hydrogen-bond donors (Lipinski definition) is 1. The molecule has 3 aliphatic heterocycles. The Kier molecular flexibility index (Phi) is 8.70. The molecule has 1 N–H and O–H groups in total. The summed E-state index contributed by atoms with van der Waals surface area (Å²) in [5.41, 5.74) is 1.26. The molecule has 0 saturated carbocycles. The van der Waals surface area contributed by atoms with Gasteiger partial charge < -0.3 is 19.7 Å². The maximum Gasteiger partial charge on any atom is 0.410 e. The Hall–Kier alpha value is -3.26. The van der Waals surface area contributed by atoms with Crippen LogP contribution < -0.4 is 15.0 Å². The van der Waals surface area contributed by atoms with E-state index in [1.807, 2.05) is 37.6 Å². The van der Waals surface area contributed by atoms with Crippen molar-refractivity contribution in [2.45, 2.75) is 69.9 Å².